The minimum Gasteiger partial charge on any atom is -0.379 e. The van der Waals surface area contributed by atoms with Gasteiger partial charge in [-0.3, -0.25) is 9.69 Å². The summed E-state index contributed by atoms with van der Waals surface area (Å²) in [4.78, 5) is 19.8. The highest BCUT2D eigenvalue weighted by Gasteiger charge is 2.15. The molecule has 1 saturated heterocycles. The molecule has 186 valence electrons. The summed E-state index contributed by atoms with van der Waals surface area (Å²) < 4.78 is 7.54. The van der Waals surface area contributed by atoms with Gasteiger partial charge in [0, 0.05) is 44.7 Å². The molecule has 1 fully saturated rings. The van der Waals surface area contributed by atoms with E-state index in [-0.39, 0.29) is 5.91 Å². The van der Waals surface area contributed by atoms with Crippen LogP contribution in [0.4, 0.5) is 0 Å². The minimum atomic E-state index is -0.0610. The van der Waals surface area contributed by atoms with E-state index in [1.165, 1.54) is 5.56 Å². The first-order chi connectivity index (χ1) is 17.6. The van der Waals surface area contributed by atoms with Crippen LogP contribution >= 0.6 is 23.2 Å². The smallest absolute Gasteiger partial charge is 0.251 e. The Bertz CT molecular complexity index is 1330. The molecular formula is C28H28Cl2N4O2. The molecule has 1 amide bonds. The second-order valence-corrected chi connectivity index (χ2v) is 9.75. The van der Waals surface area contributed by atoms with Crippen molar-refractivity contribution in [3.8, 4) is 0 Å². The predicted octanol–water partition coefficient (Wildman–Crippen LogP) is 5.04. The van der Waals surface area contributed by atoms with Gasteiger partial charge in [-0.05, 0) is 35.4 Å². The fraction of sp³-hybridized carbons (Fsp3) is 0.286. The van der Waals surface area contributed by atoms with Gasteiger partial charge in [-0.25, -0.2) is 4.98 Å². The first-order valence-electron chi connectivity index (χ1n) is 12.1. The molecule has 0 spiro atoms. The number of hydrogen-bond acceptors (Lipinski definition) is 4. The standard InChI is InChI=1S/C28H28Cl2N4O2/c29-23-17-25-26(18-24(23)30)34(27(32-25)16-20-4-2-1-3-5-20)19-21-6-8-22(9-7-21)28(35)31-10-11-33-12-14-36-15-13-33/h1-9,17-18H,10-16,19H2,(H,31,35). The Morgan fingerprint density at radius 1 is 0.944 bits per heavy atom. The number of ether oxygens (including phenoxy) is 1. The van der Waals surface area contributed by atoms with Crippen molar-refractivity contribution in [2.45, 2.75) is 13.0 Å². The number of aromatic nitrogens is 2. The van der Waals surface area contributed by atoms with Crippen LogP contribution in [0.1, 0.15) is 27.3 Å². The summed E-state index contributed by atoms with van der Waals surface area (Å²) in [7, 11) is 0. The highest BCUT2D eigenvalue weighted by molar-refractivity contribution is 6.42. The maximum atomic E-state index is 12.6. The monoisotopic (exact) mass is 522 g/mol. The number of nitrogens with zero attached hydrogens (tertiary/aromatic N) is 3. The van der Waals surface area contributed by atoms with Crippen molar-refractivity contribution in [2.75, 3.05) is 39.4 Å². The van der Waals surface area contributed by atoms with Crippen LogP contribution < -0.4 is 5.32 Å². The number of halogens is 2. The van der Waals surface area contributed by atoms with Crippen LogP contribution in [0.25, 0.3) is 11.0 Å². The van der Waals surface area contributed by atoms with E-state index >= 15 is 0 Å². The van der Waals surface area contributed by atoms with Crippen LogP contribution in [-0.4, -0.2) is 59.8 Å². The molecule has 0 aliphatic carbocycles. The van der Waals surface area contributed by atoms with E-state index < -0.39 is 0 Å². The number of carbonyl (C=O) groups is 1. The van der Waals surface area contributed by atoms with Crippen molar-refractivity contribution < 1.29 is 9.53 Å². The van der Waals surface area contributed by atoms with Crippen LogP contribution in [0, 0.1) is 0 Å². The van der Waals surface area contributed by atoms with Crippen molar-refractivity contribution in [1.29, 1.82) is 0 Å². The van der Waals surface area contributed by atoms with Gasteiger partial charge in [-0.1, -0.05) is 65.7 Å². The molecule has 6 nitrogen and oxygen atoms in total. The van der Waals surface area contributed by atoms with Gasteiger partial charge in [0.15, 0.2) is 0 Å². The lowest BCUT2D eigenvalue weighted by Gasteiger charge is -2.26. The maximum absolute atomic E-state index is 12.6. The summed E-state index contributed by atoms with van der Waals surface area (Å²) in [6.45, 7) is 5.40. The fourth-order valence-corrected chi connectivity index (χ4v) is 4.77. The van der Waals surface area contributed by atoms with E-state index in [4.69, 9.17) is 32.9 Å². The molecule has 0 unspecified atom stereocenters. The molecule has 0 bridgehead atoms. The van der Waals surface area contributed by atoms with Crippen molar-refractivity contribution in [2.24, 2.45) is 0 Å². The normalized spacial score (nSPS) is 14.3. The van der Waals surface area contributed by atoms with Gasteiger partial charge in [0.25, 0.3) is 5.91 Å². The highest BCUT2D eigenvalue weighted by atomic mass is 35.5. The second kappa shape index (κ2) is 11.4. The molecular weight excluding hydrogens is 495 g/mol. The van der Waals surface area contributed by atoms with Crippen molar-refractivity contribution >= 4 is 40.1 Å². The van der Waals surface area contributed by atoms with E-state index in [2.05, 4.69) is 26.9 Å². The largest absolute Gasteiger partial charge is 0.379 e. The molecule has 1 aliphatic heterocycles. The summed E-state index contributed by atoms with van der Waals surface area (Å²) in [5.74, 6) is 0.869. The number of morpholine rings is 1. The minimum absolute atomic E-state index is 0.0610. The van der Waals surface area contributed by atoms with Crippen LogP contribution in [0.2, 0.25) is 10.0 Å². The molecule has 1 aliphatic rings. The van der Waals surface area contributed by atoms with Crippen molar-refractivity contribution in [3.63, 3.8) is 0 Å². The third kappa shape index (κ3) is 5.90. The number of nitrogens with one attached hydrogen (secondary N) is 1. The van der Waals surface area contributed by atoms with Gasteiger partial charge in [0.1, 0.15) is 5.82 Å². The average Bonchev–Trinajstić information content (AvgIpc) is 3.21. The number of hydrogen-bond donors (Lipinski definition) is 1. The first-order valence-corrected chi connectivity index (χ1v) is 12.9. The number of amides is 1. The number of imidazole rings is 1. The Balaban J connectivity index is 1.31. The number of fused-ring (bicyclic) bond motifs is 1. The summed E-state index contributed by atoms with van der Waals surface area (Å²) in [6, 6.07) is 21.7. The number of benzene rings is 3. The molecule has 1 aromatic heterocycles. The SMILES string of the molecule is O=C(NCCN1CCOCC1)c1ccc(Cn2c(Cc3ccccc3)nc3cc(Cl)c(Cl)cc32)cc1. The zero-order valence-corrected chi connectivity index (χ0v) is 21.4. The van der Waals surface area contributed by atoms with Crippen LogP contribution in [-0.2, 0) is 17.7 Å². The quantitative estimate of drug-likeness (QED) is 0.352. The van der Waals surface area contributed by atoms with Gasteiger partial charge in [0.2, 0.25) is 0 Å². The van der Waals surface area contributed by atoms with Crippen molar-refractivity contribution in [1.82, 2.24) is 19.8 Å². The van der Waals surface area contributed by atoms with Gasteiger partial charge >= 0.3 is 0 Å². The zero-order valence-electron chi connectivity index (χ0n) is 19.9. The van der Waals surface area contributed by atoms with E-state index in [1.54, 1.807) is 0 Å². The molecule has 8 heteroatoms. The average molecular weight is 523 g/mol. The lowest BCUT2D eigenvalue weighted by atomic mass is 10.1. The number of carbonyl (C=O) groups excluding carboxylic acids is 1. The summed E-state index contributed by atoms with van der Waals surface area (Å²) >= 11 is 12.6. The summed E-state index contributed by atoms with van der Waals surface area (Å²) in [5.41, 5.74) is 4.64. The molecule has 1 N–H and O–H groups in total. The third-order valence-corrected chi connectivity index (χ3v) is 7.17. The van der Waals surface area contributed by atoms with E-state index in [0.717, 1.165) is 55.3 Å². The Morgan fingerprint density at radius 3 is 2.42 bits per heavy atom. The Kier molecular flexibility index (Phi) is 7.87. The maximum Gasteiger partial charge on any atom is 0.251 e. The van der Waals surface area contributed by atoms with Gasteiger partial charge in [0.05, 0.1) is 34.3 Å². The summed E-state index contributed by atoms with van der Waals surface area (Å²) in [6.07, 6.45) is 0.689. The molecule has 0 atom stereocenters. The van der Waals surface area contributed by atoms with E-state index in [0.29, 0.717) is 35.1 Å². The molecule has 3 aromatic carbocycles. The first kappa shape index (κ1) is 24.8. The molecule has 36 heavy (non-hydrogen) atoms. The lowest BCUT2D eigenvalue weighted by molar-refractivity contribution is 0.0383. The zero-order chi connectivity index (χ0) is 24.9. The lowest BCUT2D eigenvalue weighted by Crippen LogP contribution is -2.41. The fourth-order valence-electron chi connectivity index (χ4n) is 4.46. The number of rotatable bonds is 8. The van der Waals surface area contributed by atoms with Crippen LogP contribution in [0.5, 0.6) is 0 Å². The van der Waals surface area contributed by atoms with Crippen molar-refractivity contribution in [3.05, 3.63) is 99.3 Å². The molecule has 5 rings (SSSR count). The Labute approximate surface area is 220 Å². The van der Waals surface area contributed by atoms with E-state index in [1.807, 2.05) is 54.6 Å². The third-order valence-electron chi connectivity index (χ3n) is 6.45. The van der Waals surface area contributed by atoms with Crippen LogP contribution in [0.15, 0.2) is 66.7 Å². The van der Waals surface area contributed by atoms with Gasteiger partial charge in [-0.2, -0.15) is 0 Å². The van der Waals surface area contributed by atoms with Gasteiger partial charge < -0.3 is 14.6 Å². The second-order valence-electron chi connectivity index (χ2n) is 8.94. The van der Waals surface area contributed by atoms with E-state index in [9.17, 15) is 4.79 Å². The molecule has 0 saturated carbocycles. The molecule has 2 heterocycles. The Morgan fingerprint density at radius 2 is 1.67 bits per heavy atom. The molecule has 4 aromatic rings. The topological polar surface area (TPSA) is 59.4 Å². The predicted molar refractivity (Wildman–Crippen MR) is 144 cm³/mol. The molecule has 0 radical (unpaired) electrons. The Hall–Kier alpha value is -2.90. The summed E-state index contributed by atoms with van der Waals surface area (Å²) in [5, 5.41) is 4.01. The highest BCUT2D eigenvalue weighted by Crippen LogP contribution is 2.29. The van der Waals surface area contributed by atoms with Crippen LogP contribution in [0.3, 0.4) is 0 Å². The van der Waals surface area contributed by atoms with Gasteiger partial charge in [-0.15, -0.1) is 0 Å².